The maximum Gasteiger partial charge on any atom is 0.161 e. The minimum Gasteiger partial charge on any atom is -0.383 e. The first-order chi connectivity index (χ1) is 6.61. The number of hydrogen-bond acceptors (Lipinski definition) is 3. The van der Waals surface area contributed by atoms with Crippen LogP contribution < -0.4 is 0 Å². The molecule has 0 saturated carbocycles. The van der Waals surface area contributed by atoms with E-state index in [1.807, 2.05) is 37.3 Å². The molecule has 1 heterocycles. The highest BCUT2D eigenvalue weighted by Gasteiger charge is 2.06. The first kappa shape index (κ1) is 10.4. The smallest absolute Gasteiger partial charge is 0.161 e. The van der Waals surface area contributed by atoms with Gasteiger partial charge in [0.05, 0.1) is 0 Å². The lowest BCUT2D eigenvalue weighted by Crippen LogP contribution is -2.06. The minimum absolute atomic E-state index is 0.0601. The Labute approximate surface area is 84.1 Å². The Morgan fingerprint density at radius 2 is 1.93 bits per heavy atom. The number of carbonyl (C=O) groups is 1. The normalized spacial score (nSPS) is 11.2. The summed E-state index contributed by atoms with van der Waals surface area (Å²) >= 11 is 0. The van der Waals surface area contributed by atoms with Crippen molar-refractivity contribution in [1.82, 2.24) is 9.88 Å². The van der Waals surface area contributed by atoms with Crippen molar-refractivity contribution in [1.29, 1.82) is 0 Å². The lowest BCUT2D eigenvalue weighted by Gasteiger charge is -2.09. The Hall–Kier alpha value is -1.64. The molecule has 14 heavy (non-hydrogen) atoms. The molecule has 74 valence electrons. The summed E-state index contributed by atoms with van der Waals surface area (Å²) in [5, 5.41) is 0. The molecule has 0 bridgehead atoms. The largest absolute Gasteiger partial charge is 0.383 e. The average Bonchev–Trinajstić information content (AvgIpc) is 2.15. The third-order valence-electron chi connectivity index (χ3n) is 1.76. The fraction of sp³-hybridized carbons (Fsp3) is 0.273. The first-order valence-corrected chi connectivity index (χ1v) is 4.41. The highest BCUT2D eigenvalue weighted by Crippen LogP contribution is 2.14. The number of Topliss-reactive ketones (excluding diaryl/α,β-unsaturated/α-hetero) is 1. The number of aromatic nitrogens is 1. The quantitative estimate of drug-likeness (QED) is 0.678. The fourth-order valence-corrected chi connectivity index (χ4v) is 1.16. The second-order valence-electron chi connectivity index (χ2n) is 3.30. The van der Waals surface area contributed by atoms with Crippen molar-refractivity contribution in [2.24, 2.45) is 0 Å². The van der Waals surface area contributed by atoms with Crippen molar-refractivity contribution < 1.29 is 4.79 Å². The lowest BCUT2D eigenvalue weighted by atomic mass is 10.1. The predicted octanol–water partition coefficient (Wildman–Crippen LogP) is 1.57. The van der Waals surface area contributed by atoms with E-state index < -0.39 is 0 Å². The van der Waals surface area contributed by atoms with Crippen LogP contribution in [-0.4, -0.2) is 29.8 Å². The Kier molecular flexibility index (Phi) is 3.40. The zero-order chi connectivity index (χ0) is 10.6. The maximum absolute atomic E-state index is 11.4. The van der Waals surface area contributed by atoms with Crippen LogP contribution in [0.15, 0.2) is 30.7 Å². The van der Waals surface area contributed by atoms with E-state index in [-0.39, 0.29) is 5.78 Å². The van der Waals surface area contributed by atoms with E-state index in [0.29, 0.717) is 5.57 Å². The summed E-state index contributed by atoms with van der Waals surface area (Å²) in [5.74, 6) is 0.0601. The van der Waals surface area contributed by atoms with Crippen LogP contribution in [0, 0.1) is 0 Å². The summed E-state index contributed by atoms with van der Waals surface area (Å²) in [7, 11) is 3.79. The van der Waals surface area contributed by atoms with Crippen LogP contribution in [0.1, 0.15) is 12.5 Å². The van der Waals surface area contributed by atoms with Crippen molar-refractivity contribution in [3.63, 3.8) is 0 Å². The number of hydrogen-bond donors (Lipinski definition) is 0. The molecule has 3 nitrogen and oxygen atoms in total. The van der Waals surface area contributed by atoms with Crippen LogP contribution in [0.3, 0.4) is 0 Å². The molecule has 0 atom stereocenters. The van der Waals surface area contributed by atoms with Crippen LogP contribution in [0.5, 0.6) is 0 Å². The summed E-state index contributed by atoms with van der Waals surface area (Å²) in [6.45, 7) is 1.57. The van der Waals surface area contributed by atoms with Crippen LogP contribution >= 0.6 is 0 Å². The summed E-state index contributed by atoms with van der Waals surface area (Å²) in [5.41, 5.74) is 1.61. The molecule has 0 saturated heterocycles. The summed E-state index contributed by atoms with van der Waals surface area (Å²) in [4.78, 5) is 17.1. The van der Waals surface area contributed by atoms with Gasteiger partial charge in [0.15, 0.2) is 5.78 Å². The van der Waals surface area contributed by atoms with Gasteiger partial charge < -0.3 is 4.90 Å². The van der Waals surface area contributed by atoms with Crippen molar-refractivity contribution in [2.45, 2.75) is 6.92 Å². The Morgan fingerprint density at radius 1 is 1.36 bits per heavy atom. The van der Waals surface area contributed by atoms with Gasteiger partial charge in [-0.3, -0.25) is 9.78 Å². The fourth-order valence-electron chi connectivity index (χ4n) is 1.16. The minimum atomic E-state index is 0.0601. The van der Waals surface area contributed by atoms with Gasteiger partial charge in [0.1, 0.15) is 0 Å². The molecule has 0 unspecified atom stereocenters. The monoisotopic (exact) mass is 190 g/mol. The van der Waals surface area contributed by atoms with Crippen molar-refractivity contribution in [3.8, 4) is 0 Å². The number of ketones is 1. The van der Waals surface area contributed by atoms with Gasteiger partial charge in [-0.05, 0) is 24.6 Å². The Morgan fingerprint density at radius 3 is 2.36 bits per heavy atom. The molecule has 0 aliphatic heterocycles. The highest BCUT2D eigenvalue weighted by atomic mass is 16.1. The van der Waals surface area contributed by atoms with Gasteiger partial charge in [-0.25, -0.2) is 0 Å². The van der Waals surface area contributed by atoms with Crippen LogP contribution in [-0.2, 0) is 4.79 Å². The molecular formula is C11H14N2O. The van der Waals surface area contributed by atoms with E-state index >= 15 is 0 Å². The molecule has 3 heteroatoms. The second-order valence-corrected chi connectivity index (χ2v) is 3.30. The third kappa shape index (κ3) is 2.69. The van der Waals surface area contributed by atoms with Gasteiger partial charge in [0.2, 0.25) is 0 Å². The van der Waals surface area contributed by atoms with Gasteiger partial charge in [-0.1, -0.05) is 0 Å². The number of carbonyl (C=O) groups excluding carboxylic acids is 1. The summed E-state index contributed by atoms with van der Waals surface area (Å²) in [6, 6.07) is 3.66. The number of allylic oxidation sites excluding steroid dienone is 1. The van der Waals surface area contributed by atoms with Gasteiger partial charge in [0, 0.05) is 38.3 Å². The average molecular weight is 190 g/mol. The van der Waals surface area contributed by atoms with Crippen LogP contribution in [0.25, 0.3) is 5.57 Å². The number of nitrogens with zero attached hydrogens (tertiary/aromatic N) is 2. The van der Waals surface area contributed by atoms with Gasteiger partial charge in [-0.15, -0.1) is 0 Å². The maximum atomic E-state index is 11.4. The molecule has 0 amide bonds. The molecule has 0 aromatic carbocycles. The molecular weight excluding hydrogens is 176 g/mol. The molecule has 0 radical (unpaired) electrons. The second kappa shape index (κ2) is 4.56. The molecule has 1 aromatic rings. The zero-order valence-corrected chi connectivity index (χ0v) is 8.69. The SMILES string of the molecule is CC(=O)C(=CN(C)C)c1ccncc1. The van der Waals surface area contributed by atoms with E-state index in [4.69, 9.17) is 0 Å². The third-order valence-corrected chi connectivity index (χ3v) is 1.76. The molecule has 0 N–H and O–H groups in total. The summed E-state index contributed by atoms with van der Waals surface area (Å²) < 4.78 is 0. The standard InChI is InChI=1S/C11H14N2O/c1-9(14)11(8-13(2)3)10-4-6-12-7-5-10/h4-8H,1-3H3. The Bertz CT molecular complexity index is 342. The number of rotatable bonds is 3. The molecule has 0 spiro atoms. The first-order valence-electron chi connectivity index (χ1n) is 4.41. The molecule has 0 aliphatic rings. The van der Waals surface area contributed by atoms with E-state index in [1.54, 1.807) is 19.3 Å². The zero-order valence-electron chi connectivity index (χ0n) is 8.69. The number of pyridine rings is 1. The van der Waals surface area contributed by atoms with Crippen molar-refractivity contribution in [3.05, 3.63) is 36.3 Å². The lowest BCUT2D eigenvalue weighted by molar-refractivity contribution is -0.111. The van der Waals surface area contributed by atoms with Gasteiger partial charge >= 0.3 is 0 Å². The highest BCUT2D eigenvalue weighted by molar-refractivity contribution is 6.19. The van der Waals surface area contributed by atoms with Gasteiger partial charge in [-0.2, -0.15) is 0 Å². The van der Waals surface area contributed by atoms with E-state index in [2.05, 4.69) is 4.98 Å². The van der Waals surface area contributed by atoms with Gasteiger partial charge in [0.25, 0.3) is 0 Å². The molecule has 0 aliphatic carbocycles. The Balaban J connectivity index is 3.08. The summed E-state index contributed by atoms with van der Waals surface area (Å²) in [6.07, 6.45) is 5.18. The van der Waals surface area contributed by atoms with E-state index in [1.165, 1.54) is 0 Å². The van der Waals surface area contributed by atoms with Crippen LogP contribution in [0.2, 0.25) is 0 Å². The predicted molar refractivity (Wildman–Crippen MR) is 56.6 cm³/mol. The van der Waals surface area contributed by atoms with E-state index in [9.17, 15) is 4.79 Å². The topological polar surface area (TPSA) is 33.2 Å². The molecule has 1 aromatic heterocycles. The van der Waals surface area contributed by atoms with Crippen molar-refractivity contribution in [2.75, 3.05) is 14.1 Å². The van der Waals surface area contributed by atoms with Crippen molar-refractivity contribution >= 4 is 11.4 Å². The van der Waals surface area contributed by atoms with E-state index in [0.717, 1.165) is 5.56 Å². The van der Waals surface area contributed by atoms with Crippen LogP contribution in [0.4, 0.5) is 0 Å². The molecule has 0 fully saturated rings. The molecule has 1 rings (SSSR count).